The Hall–Kier alpha value is -2.26. The topological polar surface area (TPSA) is 41.5 Å². The molecule has 2 rings (SSSR count). The predicted octanol–water partition coefficient (Wildman–Crippen LogP) is 3.58. The van der Waals surface area contributed by atoms with Crippen molar-refractivity contribution in [3.8, 4) is 5.75 Å². The highest BCUT2D eigenvalue weighted by atomic mass is 16.5. The number of aliphatic hydroxyl groups is 1. The summed E-state index contributed by atoms with van der Waals surface area (Å²) in [6, 6.07) is 15.9. The largest absolute Gasteiger partial charge is 0.491 e. The van der Waals surface area contributed by atoms with Crippen molar-refractivity contribution in [1.82, 2.24) is 0 Å². The monoisotopic (exact) mass is 297 g/mol. The summed E-state index contributed by atoms with van der Waals surface area (Å²) in [5.41, 5.74) is 3.29. The fourth-order valence-corrected chi connectivity index (χ4v) is 2.12. The highest BCUT2D eigenvalue weighted by Crippen LogP contribution is 2.19. The summed E-state index contributed by atoms with van der Waals surface area (Å²) in [7, 11) is 0. The molecular weight excluding hydrogens is 274 g/mol. The van der Waals surface area contributed by atoms with Crippen LogP contribution in [-0.2, 0) is 6.42 Å². The van der Waals surface area contributed by atoms with E-state index in [0.717, 1.165) is 23.4 Å². The van der Waals surface area contributed by atoms with Crippen molar-refractivity contribution >= 4 is 5.69 Å². The van der Waals surface area contributed by atoms with Crippen LogP contribution >= 0.6 is 0 Å². The van der Waals surface area contributed by atoms with E-state index in [9.17, 15) is 5.11 Å². The van der Waals surface area contributed by atoms with Gasteiger partial charge in [0.25, 0.3) is 0 Å². The Balaban J connectivity index is 1.81. The van der Waals surface area contributed by atoms with Gasteiger partial charge in [-0.15, -0.1) is 6.58 Å². The molecule has 0 aromatic heterocycles. The van der Waals surface area contributed by atoms with Gasteiger partial charge in [0, 0.05) is 12.2 Å². The molecule has 0 aliphatic rings. The zero-order valence-electron chi connectivity index (χ0n) is 13.0. The summed E-state index contributed by atoms with van der Waals surface area (Å²) >= 11 is 0. The first kappa shape index (κ1) is 16.1. The van der Waals surface area contributed by atoms with Crippen LogP contribution in [0.2, 0.25) is 0 Å². The third kappa shape index (κ3) is 4.93. The average molecular weight is 297 g/mol. The van der Waals surface area contributed by atoms with Gasteiger partial charge in [0.05, 0.1) is 0 Å². The second-order valence-corrected chi connectivity index (χ2v) is 5.31. The molecule has 0 aliphatic heterocycles. The number of hydrogen-bond donors (Lipinski definition) is 2. The highest BCUT2D eigenvalue weighted by Gasteiger charge is 2.07. The molecule has 3 nitrogen and oxygen atoms in total. The molecule has 0 saturated carbocycles. The Morgan fingerprint density at radius 1 is 1.18 bits per heavy atom. The first-order valence-electron chi connectivity index (χ1n) is 7.49. The number of aliphatic hydroxyl groups excluding tert-OH is 1. The predicted molar refractivity (Wildman–Crippen MR) is 91.5 cm³/mol. The number of para-hydroxylation sites is 1. The number of ether oxygens (including phenoxy) is 1. The Morgan fingerprint density at radius 3 is 2.64 bits per heavy atom. The molecule has 2 aromatic rings. The Labute approximate surface area is 132 Å². The lowest BCUT2D eigenvalue weighted by Gasteiger charge is -2.15. The SMILES string of the molecule is C=CCc1ccccc1OCC(O)CNc1ccc(C)cc1. The minimum absolute atomic E-state index is 0.257. The fourth-order valence-electron chi connectivity index (χ4n) is 2.12. The molecule has 1 atom stereocenters. The van der Waals surface area contributed by atoms with E-state index in [1.54, 1.807) is 0 Å². The van der Waals surface area contributed by atoms with Crippen LogP contribution in [0.1, 0.15) is 11.1 Å². The van der Waals surface area contributed by atoms with Crippen molar-refractivity contribution in [3.63, 3.8) is 0 Å². The summed E-state index contributed by atoms with van der Waals surface area (Å²) in [5.74, 6) is 0.803. The molecule has 1 unspecified atom stereocenters. The van der Waals surface area contributed by atoms with Gasteiger partial charge in [-0.25, -0.2) is 0 Å². The van der Waals surface area contributed by atoms with Crippen LogP contribution < -0.4 is 10.1 Å². The molecule has 0 heterocycles. The number of benzene rings is 2. The van der Waals surface area contributed by atoms with E-state index in [0.29, 0.717) is 6.54 Å². The van der Waals surface area contributed by atoms with E-state index in [-0.39, 0.29) is 6.61 Å². The van der Waals surface area contributed by atoms with E-state index >= 15 is 0 Å². The minimum Gasteiger partial charge on any atom is -0.491 e. The molecule has 0 fully saturated rings. The first-order chi connectivity index (χ1) is 10.7. The number of nitrogens with one attached hydrogen (secondary N) is 1. The van der Waals surface area contributed by atoms with Crippen molar-refractivity contribution in [2.45, 2.75) is 19.4 Å². The van der Waals surface area contributed by atoms with Gasteiger partial charge in [0.2, 0.25) is 0 Å². The zero-order valence-corrected chi connectivity index (χ0v) is 13.0. The summed E-state index contributed by atoms with van der Waals surface area (Å²) in [5, 5.41) is 13.2. The summed E-state index contributed by atoms with van der Waals surface area (Å²) in [4.78, 5) is 0. The molecule has 2 N–H and O–H groups in total. The lowest BCUT2D eigenvalue weighted by molar-refractivity contribution is 0.117. The molecule has 0 saturated heterocycles. The fraction of sp³-hybridized carbons (Fsp3) is 0.263. The standard InChI is InChI=1S/C19H23NO2/c1-3-6-16-7-4-5-8-19(16)22-14-18(21)13-20-17-11-9-15(2)10-12-17/h3-5,7-12,18,20-21H,1,6,13-14H2,2H3. The van der Waals surface area contributed by atoms with E-state index < -0.39 is 6.10 Å². The maximum Gasteiger partial charge on any atom is 0.122 e. The van der Waals surface area contributed by atoms with E-state index in [1.807, 2.05) is 61.5 Å². The number of rotatable bonds is 8. The van der Waals surface area contributed by atoms with Gasteiger partial charge in [0.15, 0.2) is 0 Å². The quantitative estimate of drug-likeness (QED) is 0.732. The van der Waals surface area contributed by atoms with Crippen LogP contribution in [0.3, 0.4) is 0 Å². The highest BCUT2D eigenvalue weighted by molar-refractivity contribution is 5.44. The molecule has 116 valence electrons. The van der Waals surface area contributed by atoms with Gasteiger partial charge >= 0.3 is 0 Å². The molecule has 2 aromatic carbocycles. The number of aryl methyl sites for hydroxylation is 1. The summed E-state index contributed by atoms with van der Waals surface area (Å²) < 4.78 is 5.72. The van der Waals surface area contributed by atoms with Crippen molar-refractivity contribution in [3.05, 3.63) is 72.3 Å². The Bertz CT molecular complexity index is 593. The number of hydrogen-bond acceptors (Lipinski definition) is 3. The summed E-state index contributed by atoms with van der Waals surface area (Å²) in [6.45, 7) is 6.50. The lowest BCUT2D eigenvalue weighted by atomic mass is 10.1. The van der Waals surface area contributed by atoms with Gasteiger partial charge in [-0.05, 0) is 37.1 Å². The molecule has 0 aliphatic carbocycles. The molecule has 0 radical (unpaired) electrons. The van der Waals surface area contributed by atoms with Crippen LogP contribution in [0.25, 0.3) is 0 Å². The van der Waals surface area contributed by atoms with Gasteiger partial charge in [-0.3, -0.25) is 0 Å². The molecule has 3 heteroatoms. The van der Waals surface area contributed by atoms with Crippen molar-refractivity contribution in [2.24, 2.45) is 0 Å². The zero-order chi connectivity index (χ0) is 15.8. The van der Waals surface area contributed by atoms with Gasteiger partial charge in [-0.2, -0.15) is 0 Å². The lowest BCUT2D eigenvalue weighted by Crippen LogP contribution is -2.26. The van der Waals surface area contributed by atoms with Crippen LogP contribution in [0.15, 0.2) is 61.2 Å². The molecular formula is C19H23NO2. The first-order valence-corrected chi connectivity index (χ1v) is 7.49. The summed E-state index contributed by atoms with van der Waals surface area (Å²) in [6.07, 6.45) is 2.03. The third-order valence-corrected chi connectivity index (χ3v) is 3.36. The van der Waals surface area contributed by atoms with Gasteiger partial charge in [-0.1, -0.05) is 42.0 Å². The maximum atomic E-state index is 10.0. The minimum atomic E-state index is -0.571. The van der Waals surface area contributed by atoms with Crippen LogP contribution in [0.5, 0.6) is 5.75 Å². The molecule has 0 amide bonds. The maximum absolute atomic E-state index is 10.0. The molecule has 22 heavy (non-hydrogen) atoms. The second kappa shape index (κ2) is 8.25. The van der Waals surface area contributed by atoms with Crippen molar-refractivity contribution in [1.29, 1.82) is 0 Å². The average Bonchev–Trinajstić information content (AvgIpc) is 2.54. The second-order valence-electron chi connectivity index (χ2n) is 5.31. The Kier molecular flexibility index (Phi) is 6.04. The van der Waals surface area contributed by atoms with Crippen molar-refractivity contribution < 1.29 is 9.84 Å². The third-order valence-electron chi connectivity index (χ3n) is 3.36. The normalized spacial score (nSPS) is 11.7. The van der Waals surface area contributed by atoms with E-state index in [4.69, 9.17) is 4.74 Å². The van der Waals surface area contributed by atoms with Crippen LogP contribution in [0, 0.1) is 6.92 Å². The Morgan fingerprint density at radius 2 is 1.91 bits per heavy atom. The smallest absolute Gasteiger partial charge is 0.122 e. The van der Waals surface area contributed by atoms with Crippen molar-refractivity contribution in [2.75, 3.05) is 18.5 Å². The van der Waals surface area contributed by atoms with E-state index in [1.165, 1.54) is 5.56 Å². The van der Waals surface area contributed by atoms with Gasteiger partial charge in [0.1, 0.15) is 18.5 Å². The molecule has 0 bridgehead atoms. The van der Waals surface area contributed by atoms with Crippen LogP contribution in [-0.4, -0.2) is 24.4 Å². The number of allylic oxidation sites excluding steroid dienone is 1. The molecule has 0 spiro atoms. The van der Waals surface area contributed by atoms with E-state index in [2.05, 4.69) is 11.9 Å². The number of anilines is 1. The van der Waals surface area contributed by atoms with Gasteiger partial charge < -0.3 is 15.2 Å². The van der Waals surface area contributed by atoms with Crippen LogP contribution in [0.4, 0.5) is 5.69 Å².